The zero-order valence-corrected chi connectivity index (χ0v) is 11.4. The first kappa shape index (κ1) is 13.1. The lowest BCUT2D eigenvalue weighted by atomic mass is 10.1. The summed E-state index contributed by atoms with van der Waals surface area (Å²) in [7, 11) is 0. The Kier molecular flexibility index (Phi) is 3.23. The van der Waals surface area contributed by atoms with Crippen molar-refractivity contribution in [1.29, 1.82) is 0 Å². The highest BCUT2D eigenvalue weighted by Gasteiger charge is 2.10. The normalized spacial score (nSPS) is 10.5. The zero-order valence-electron chi connectivity index (χ0n) is 11.4. The second-order valence-electron chi connectivity index (χ2n) is 4.71. The zero-order chi connectivity index (χ0) is 14.8. The second-order valence-corrected chi connectivity index (χ2v) is 4.71. The van der Waals surface area contributed by atoms with Gasteiger partial charge in [0.25, 0.3) is 5.91 Å². The smallest absolute Gasteiger partial charge is 0.272 e. The van der Waals surface area contributed by atoms with Crippen molar-refractivity contribution in [2.24, 2.45) is 0 Å². The molecule has 2 aromatic heterocycles. The van der Waals surface area contributed by atoms with E-state index in [0.29, 0.717) is 16.9 Å². The van der Waals surface area contributed by atoms with Gasteiger partial charge in [0, 0.05) is 17.4 Å². The van der Waals surface area contributed by atoms with Crippen molar-refractivity contribution in [3.8, 4) is 0 Å². The first-order valence-electron chi connectivity index (χ1n) is 6.49. The quantitative estimate of drug-likeness (QED) is 0.724. The molecule has 5 nitrogen and oxygen atoms in total. The Bertz CT molecular complexity index is 786. The van der Waals surface area contributed by atoms with Crippen LogP contribution in [0.4, 0.5) is 5.69 Å². The molecule has 1 amide bonds. The first-order chi connectivity index (χ1) is 10.1. The standard InChI is InChI=1S/C16H13N3O2/c1-10(20)11-4-6-12(7-5-11)18-16(21)15-9-14-13(19-15)3-2-8-17-14/h2-9,19H,1H3,(H,18,21). The highest BCUT2D eigenvalue weighted by Crippen LogP contribution is 2.15. The lowest BCUT2D eigenvalue weighted by molar-refractivity contribution is 0.101. The molecule has 0 atom stereocenters. The van der Waals surface area contributed by atoms with Crippen molar-refractivity contribution in [3.05, 3.63) is 59.9 Å². The molecule has 0 bridgehead atoms. The Morgan fingerprint density at radius 2 is 1.90 bits per heavy atom. The van der Waals surface area contributed by atoms with Crippen LogP contribution < -0.4 is 5.32 Å². The Balaban J connectivity index is 1.80. The third-order valence-electron chi connectivity index (χ3n) is 3.18. The number of rotatable bonds is 3. The van der Waals surface area contributed by atoms with Gasteiger partial charge in [0.15, 0.2) is 5.78 Å². The molecular weight excluding hydrogens is 266 g/mol. The number of aromatic nitrogens is 2. The van der Waals surface area contributed by atoms with Gasteiger partial charge >= 0.3 is 0 Å². The summed E-state index contributed by atoms with van der Waals surface area (Å²) in [6.07, 6.45) is 1.68. The minimum Gasteiger partial charge on any atom is -0.349 e. The van der Waals surface area contributed by atoms with Gasteiger partial charge in [-0.05, 0) is 49.4 Å². The summed E-state index contributed by atoms with van der Waals surface area (Å²) in [5, 5.41) is 2.78. The van der Waals surface area contributed by atoms with E-state index in [1.165, 1.54) is 6.92 Å². The molecule has 5 heteroatoms. The molecule has 0 aliphatic carbocycles. The van der Waals surface area contributed by atoms with Crippen LogP contribution in [0.5, 0.6) is 0 Å². The Morgan fingerprint density at radius 3 is 2.57 bits per heavy atom. The number of nitrogens with zero attached hydrogens (tertiary/aromatic N) is 1. The van der Waals surface area contributed by atoms with Crippen molar-refractivity contribution in [2.45, 2.75) is 6.92 Å². The summed E-state index contributed by atoms with van der Waals surface area (Å²) in [6.45, 7) is 1.51. The number of H-pyrrole nitrogens is 1. The molecule has 0 radical (unpaired) electrons. The molecule has 0 saturated carbocycles. The molecule has 0 unspecified atom stereocenters. The fourth-order valence-corrected chi connectivity index (χ4v) is 2.07. The number of fused-ring (bicyclic) bond motifs is 1. The second kappa shape index (κ2) is 5.20. The molecular formula is C16H13N3O2. The Labute approximate surface area is 121 Å². The summed E-state index contributed by atoms with van der Waals surface area (Å²) in [5.74, 6) is -0.252. The van der Waals surface area contributed by atoms with Crippen molar-refractivity contribution >= 4 is 28.4 Å². The van der Waals surface area contributed by atoms with Gasteiger partial charge in [0.2, 0.25) is 0 Å². The van der Waals surface area contributed by atoms with Crippen LogP contribution in [-0.2, 0) is 0 Å². The van der Waals surface area contributed by atoms with E-state index in [4.69, 9.17) is 0 Å². The molecule has 0 fully saturated rings. The molecule has 3 aromatic rings. The van der Waals surface area contributed by atoms with Gasteiger partial charge in [-0.2, -0.15) is 0 Å². The summed E-state index contributed by atoms with van der Waals surface area (Å²) < 4.78 is 0. The lowest BCUT2D eigenvalue weighted by Crippen LogP contribution is -2.12. The van der Waals surface area contributed by atoms with Crippen LogP contribution in [0.25, 0.3) is 11.0 Å². The van der Waals surface area contributed by atoms with E-state index in [1.54, 1.807) is 42.6 Å². The monoisotopic (exact) mass is 279 g/mol. The topological polar surface area (TPSA) is 74.8 Å². The number of ketones is 1. The average Bonchev–Trinajstić information content (AvgIpc) is 2.92. The van der Waals surface area contributed by atoms with Crippen LogP contribution in [0.2, 0.25) is 0 Å². The van der Waals surface area contributed by atoms with Crippen molar-refractivity contribution in [2.75, 3.05) is 5.32 Å². The van der Waals surface area contributed by atoms with Crippen LogP contribution >= 0.6 is 0 Å². The lowest BCUT2D eigenvalue weighted by Gasteiger charge is -2.04. The number of amides is 1. The van der Waals surface area contributed by atoms with Gasteiger partial charge in [-0.15, -0.1) is 0 Å². The highest BCUT2D eigenvalue weighted by atomic mass is 16.2. The van der Waals surface area contributed by atoms with Crippen molar-refractivity contribution < 1.29 is 9.59 Å². The molecule has 0 spiro atoms. The Hall–Kier alpha value is -2.95. The summed E-state index contributed by atoms with van der Waals surface area (Å²) in [5.41, 5.74) is 3.25. The number of pyridine rings is 1. The van der Waals surface area contributed by atoms with Crippen LogP contribution in [0, 0.1) is 0 Å². The highest BCUT2D eigenvalue weighted by molar-refractivity contribution is 6.05. The third-order valence-corrected chi connectivity index (χ3v) is 3.18. The fraction of sp³-hybridized carbons (Fsp3) is 0.0625. The molecule has 0 aliphatic heterocycles. The number of anilines is 1. The summed E-state index contributed by atoms with van der Waals surface area (Å²) in [6, 6.07) is 12.1. The van der Waals surface area contributed by atoms with E-state index < -0.39 is 0 Å². The van der Waals surface area contributed by atoms with Crippen molar-refractivity contribution in [1.82, 2.24) is 9.97 Å². The van der Waals surface area contributed by atoms with E-state index in [1.807, 2.05) is 6.07 Å². The van der Waals surface area contributed by atoms with Gasteiger partial charge < -0.3 is 10.3 Å². The number of carbonyl (C=O) groups is 2. The maximum Gasteiger partial charge on any atom is 0.272 e. The minimum atomic E-state index is -0.247. The molecule has 104 valence electrons. The van der Waals surface area contributed by atoms with E-state index in [-0.39, 0.29) is 11.7 Å². The summed E-state index contributed by atoms with van der Waals surface area (Å²) >= 11 is 0. The maximum atomic E-state index is 12.2. The number of aromatic amines is 1. The molecule has 21 heavy (non-hydrogen) atoms. The number of carbonyl (C=O) groups excluding carboxylic acids is 2. The van der Waals surface area contributed by atoms with Gasteiger partial charge in [-0.3, -0.25) is 14.6 Å². The predicted molar refractivity (Wildman–Crippen MR) is 80.5 cm³/mol. The minimum absolute atomic E-state index is 0.00503. The van der Waals surface area contributed by atoms with Crippen molar-refractivity contribution in [3.63, 3.8) is 0 Å². The maximum absolute atomic E-state index is 12.2. The van der Waals surface area contributed by atoms with E-state index >= 15 is 0 Å². The first-order valence-corrected chi connectivity index (χ1v) is 6.49. The fourth-order valence-electron chi connectivity index (χ4n) is 2.07. The van der Waals surface area contributed by atoms with Gasteiger partial charge in [-0.1, -0.05) is 0 Å². The Morgan fingerprint density at radius 1 is 1.14 bits per heavy atom. The van der Waals surface area contributed by atoms with Gasteiger partial charge in [-0.25, -0.2) is 0 Å². The SMILES string of the molecule is CC(=O)c1ccc(NC(=O)c2cc3ncccc3[nH]2)cc1. The average molecular weight is 279 g/mol. The predicted octanol–water partition coefficient (Wildman–Crippen LogP) is 3.02. The molecule has 3 rings (SSSR count). The largest absolute Gasteiger partial charge is 0.349 e. The molecule has 2 N–H and O–H groups in total. The third kappa shape index (κ3) is 2.67. The van der Waals surface area contributed by atoms with Gasteiger partial charge in [0.1, 0.15) is 5.69 Å². The van der Waals surface area contributed by atoms with Crippen LogP contribution in [0.3, 0.4) is 0 Å². The van der Waals surface area contributed by atoms with E-state index in [2.05, 4.69) is 15.3 Å². The van der Waals surface area contributed by atoms with Crippen LogP contribution in [0.1, 0.15) is 27.8 Å². The van der Waals surface area contributed by atoms with Gasteiger partial charge in [0.05, 0.1) is 11.0 Å². The van der Waals surface area contributed by atoms with E-state index in [9.17, 15) is 9.59 Å². The molecule has 0 saturated heterocycles. The van der Waals surface area contributed by atoms with Crippen LogP contribution in [0.15, 0.2) is 48.7 Å². The molecule has 1 aromatic carbocycles. The number of hydrogen-bond donors (Lipinski definition) is 2. The number of benzene rings is 1. The molecule has 0 aliphatic rings. The van der Waals surface area contributed by atoms with E-state index in [0.717, 1.165) is 11.0 Å². The summed E-state index contributed by atoms with van der Waals surface area (Å²) in [4.78, 5) is 30.6. The van der Waals surface area contributed by atoms with Crippen LogP contribution in [-0.4, -0.2) is 21.7 Å². The number of Topliss-reactive ketones (excluding diaryl/α,β-unsaturated/α-hetero) is 1. The number of nitrogens with one attached hydrogen (secondary N) is 2. The molecule has 2 heterocycles. The number of hydrogen-bond acceptors (Lipinski definition) is 3.